The SMILES string of the molecule is CC(=O)Nc1cccc(OCc2ccccc2)c1C(=O)c1c(OCc2ccccc2)cc(C(=O)O[C@@H]2CCC[C@H]2NC(=O)c2ccc(OCc3ccccc3)cc2)cc1OCc1ccccc1. The van der Waals surface area contributed by atoms with Gasteiger partial charge in [0, 0.05) is 12.5 Å². The van der Waals surface area contributed by atoms with E-state index in [1.165, 1.54) is 19.1 Å². The van der Waals surface area contributed by atoms with E-state index in [1.807, 2.05) is 121 Å². The Morgan fingerprint density at radius 3 is 1.51 bits per heavy atom. The fourth-order valence-corrected chi connectivity index (χ4v) is 7.80. The molecular formula is C56H50N2O9. The third-order valence-corrected chi connectivity index (χ3v) is 11.2. The Hall–Kier alpha value is -8.18. The van der Waals surface area contributed by atoms with Crippen LogP contribution in [-0.4, -0.2) is 35.7 Å². The molecule has 0 aromatic heterocycles. The largest absolute Gasteiger partial charge is 0.489 e. The molecule has 11 nitrogen and oxygen atoms in total. The third-order valence-electron chi connectivity index (χ3n) is 11.2. The smallest absolute Gasteiger partial charge is 0.338 e. The third kappa shape index (κ3) is 12.1. The van der Waals surface area contributed by atoms with E-state index in [2.05, 4.69) is 10.6 Å². The van der Waals surface area contributed by atoms with Crippen LogP contribution in [0.1, 0.15) is 85.1 Å². The molecule has 8 rings (SSSR count). The first-order valence-corrected chi connectivity index (χ1v) is 22.2. The molecule has 7 aromatic carbocycles. The second kappa shape index (κ2) is 22.1. The molecule has 1 aliphatic carbocycles. The quantitative estimate of drug-likeness (QED) is 0.0600. The van der Waals surface area contributed by atoms with Crippen LogP contribution in [0.25, 0.3) is 0 Å². The van der Waals surface area contributed by atoms with Gasteiger partial charge in [0.1, 0.15) is 61.1 Å². The molecule has 67 heavy (non-hydrogen) atoms. The molecule has 0 aliphatic heterocycles. The van der Waals surface area contributed by atoms with Crippen LogP contribution >= 0.6 is 0 Å². The van der Waals surface area contributed by atoms with Crippen LogP contribution in [0.3, 0.4) is 0 Å². The van der Waals surface area contributed by atoms with Crippen molar-refractivity contribution in [3.05, 3.63) is 220 Å². The van der Waals surface area contributed by atoms with E-state index in [-0.39, 0.29) is 65.4 Å². The first kappa shape index (κ1) is 45.4. The van der Waals surface area contributed by atoms with Gasteiger partial charge >= 0.3 is 5.97 Å². The van der Waals surface area contributed by atoms with Gasteiger partial charge in [-0.2, -0.15) is 0 Å². The Labute approximate surface area is 389 Å². The molecule has 0 unspecified atom stereocenters. The van der Waals surface area contributed by atoms with Gasteiger partial charge in [0.25, 0.3) is 5.91 Å². The lowest BCUT2D eigenvalue weighted by atomic mass is 9.97. The monoisotopic (exact) mass is 894 g/mol. The molecule has 11 heteroatoms. The van der Waals surface area contributed by atoms with E-state index in [0.717, 1.165) is 28.7 Å². The second-order valence-corrected chi connectivity index (χ2v) is 16.1. The number of rotatable bonds is 19. The van der Waals surface area contributed by atoms with Crippen LogP contribution < -0.4 is 29.6 Å². The highest BCUT2D eigenvalue weighted by molar-refractivity contribution is 6.18. The lowest BCUT2D eigenvalue weighted by Gasteiger charge is -2.23. The van der Waals surface area contributed by atoms with Crippen molar-refractivity contribution in [1.29, 1.82) is 0 Å². The van der Waals surface area contributed by atoms with E-state index in [0.29, 0.717) is 30.8 Å². The number of esters is 1. The first-order valence-electron chi connectivity index (χ1n) is 22.2. The second-order valence-electron chi connectivity index (χ2n) is 16.1. The van der Waals surface area contributed by atoms with Gasteiger partial charge in [-0.15, -0.1) is 0 Å². The van der Waals surface area contributed by atoms with Crippen LogP contribution in [0.15, 0.2) is 176 Å². The minimum Gasteiger partial charge on any atom is -0.489 e. The molecule has 0 radical (unpaired) electrons. The summed E-state index contributed by atoms with van der Waals surface area (Å²) in [6.45, 7) is 1.98. The van der Waals surface area contributed by atoms with Crippen molar-refractivity contribution in [2.45, 2.75) is 64.8 Å². The van der Waals surface area contributed by atoms with Crippen molar-refractivity contribution in [3.63, 3.8) is 0 Å². The number of carbonyl (C=O) groups excluding carboxylic acids is 4. The fourth-order valence-electron chi connectivity index (χ4n) is 7.80. The number of nitrogens with one attached hydrogen (secondary N) is 2. The Morgan fingerprint density at radius 1 is 0.507 bits per heavy atom. The number of anilines is 1. The van der Waals surface area contributed by atoms with E-state index in [9.17, 15) is 14.4 Å². The van der Waals surface area contributed by atoms with Gasteiger partial charge < -0.3 is 34.3 Å². The van der Waals surface area contributed by atoms with Crippen molar-refractivity contribution in [2.75, 3.05) is 5.32 Å². The topological polar surface area (TPSA) is 138 Å². The van der Waals surface area contributed by atoms with Crippen molar-refractivity contribution >= 4 is 29.3 Å². The highest BCUT2D eigenvalue weighted by atomic mass is 16.5. The number of ketones is 1. The van der Waals surface area contributed by atoms with Crippen LogP contribution in [-0.2, 0) is 36.0 Å². The molecule has 338 valence electrons. The van der Waals surface area contributed by atoms with Gasteiger partial charge in [-0.05, 0) is 90.0 Å². The van der Waals surface area contributed by atoms with Crippen LogP contribution in [0.4, 0.5) is 5.69 Å². The molecule has 2 N–H and O–H groups in total. The molecule has 1 fully saturated rings. The highest BCUT2D eigenvalue weighted by Gasteiger charge is 2.34. The minimum atomic E-state index is -0.690. The van der Waals surface area contributed by atoms with Gasteiger partial charge in [-0.25, -0.2) is 4.79 Å². The lowest BCUT2D eigenvalue weighted by Crippen LogP contribution is -2.42. The van der Waals surface area contributed by atoms with Gasteiger partial charge in [0.05, 0.1) is 22.9 Å². The molecule has 0 saturated heterocycles. The van der Waals surface area contributed by atoms with E-state index < -0.39 is 29.8 Å². The Bertz CT molecular complexity index is 2720. The number of hydrogen-bond donors (Lipinski definition) is 2. The Kier molecular flexibility index (Phi) is 15.0. The van der Waals surface area contributed by atoms with E-state index in [4.69, 9.17) is 23.7 Å². The van der Waals surface area contributed by atoms with Crippen molar-refractivity contribution in [3.8, 4) is 23.0 Å². The molecular weight excluding hydrogens is 845 g/mol. The van der Waals surface area contributed by atoms with Crippen LogP contribution in [0, 0.1) is 0 Å². The molecule has 0 heterocycles. The Morgan fingerprint density at radius 2 is 1.00 bits per heavy atom. The lowest BCUT2D eigenvalue weighted by molar-refractivity contribution is -0.114. The summed E-state index contributed by atoms with van der Waals surface area (Å²) >= 11 is 0. The zero-order valence-corrected chi connectivity index (χ0v) is 37.0. The Balaban J connectivity index is 1.09. The van der Waals surface area contributed by atoms with E-state index >= 15 is 4.79 Å². The number of hydrogen-bond acceptors (Lipinski definition) is 9. The predicted octanol–water partition coefficient (Wildman–Crippen LogP) is 10.7. The maximum absolute atomic E-state index is 15.3. The molecule has 7 aromatic rings. The zero-order chi connectivity index (χ0) is 46.4. The van der Waals surface area contributed by atoms with Gasteiger partial charge in [0.2, 0.25) is 11.7 Å². The average Bonchev–Trinajstić information content (AvgIpc) is 3.80. The summed E-state index contributed by atoms with van der Waals surface area (Å²) in [6, 6.07) is 52.5. The van der Waals surface area contributed by atoms with Crippen molar-refractivity contribution < 1.29 is 42.9 Å². The molecule has 1 aliphatic rings. The molecule has 0 bridgehead atoms. The summed E-state index contributed by atoms with van der Waals surface area (Å²) in [6.07, 6.45) is 1.22. The summed E-state index contributed by atoms with van der Waals surface area (Å²) in [7, 11) is 0. The number of benzene rings is 7. The van der Waals surface area contributed by atoms with E-state index in [1.54, 1.807) is 42.5 Å². The maximum atomic E-state index is 15.3. The maximum Gasteiger partial charge on any atom is 0.338 e. The summed E-state index contributed by atoms with van der Waals surface area (Å²) in [5, 5.41) is 5.87. The van der Waals surface area contributed by atoms with Crippen molar-refractivity contribution in [2.24, 2.45) is 0 Å². The van der Waals surface area contributed by atoms with Gasteiger partial charge in [-0.3, -0.25) is 14.4 Å². The molecule has 2 atom stereocenters. The first-order chi connectivity index (χ1) is 32.8. The summed E-state index contributed by atoms with van der Waals surface area (Å²) in [5.74, 6) is -1.02. The van der Waals surface area contributed by atoms with Crippen molar-refractivity contribution in [1.82, 2.24) is 5.32 Å². The zero-order valence-electron chi connectivity index (χ0n) is 37.0. The number of ether oxygens (including phenoxy) is 5. The summed E-state index contributed by atoms with van der Waals surface area (Å²) in [5.41, 5.74) is 4.33. The number of amides is 2. The molecule has 2 amide bonds. The van der Waals surface area contributed by atoms with Crippen LogP contribution in [0.2, 0.25) is 0 Å². The normalized spacial score (nSPS) is 14.0. The summed E-state index contributed by atoms with van der Waals surface area (Å²) < 4.78 is 31.3. The van der Waals surface area contributed by atoms with Gasteiger partial charge in [-0.1, -0.05) is 127 Å². The standard InChI is InChI=1S/C56H50N2O9/c1-38(59)57-47-25-15-27-49(64-35-40-18-8-3-9-19-40)52(47)54(60)53-50(65-36-41-20-10-4-11-21-41)32-44(33-51(53)66-37-42-22-12-5-13-23-42)56(62)67-48-26-14-24-46(48)58-55(61)43-28-30-45(31-29-43)63-34-39-16-6-2-7-17-39/h2-13,15-23,25,27-33,46,48H,14,24,26,34-37H2,1H3,(H,57,59)(H,58,61)/t46-,48-/m1/s1. The highest BCUT2D eigenvalue weighted by Crippen LogP contribution is 2.39. The predicted molar refractivity (Wildman–Crippen MR) is 254 cm³/mol. The summed E-state index contributed by atoms with van der Waals surface area (Å²) in [4.78, 5) is 55.7. The minimum absolute atomic E-state index is 0.00765. The average molecular weight is 895 g/mol. The fraction of sp³-hybridized carbons (Fsp3) is 0.179. The molecule has 1 saturated carbocycles. The number of carbonyl (C=O) groups is 4. The van der Waals surface area contributed by atoms with Crippen LogP contribution in [0.5, 0.6) is 23.0 Å². The molecule has 0 spiro atoms. The van der Waals surface area contributed by atoms with Gasteiger partial charge in [0.15, 0.2) is 0 Å².